The maximum Gasteiger partial charge on any atom is 0.413 e. The molecule has 2 N–H and O–H groups in total. The standard InChI is InChI=1S/C45H66N4O4/c1-9-52-26-38-47-39-40(49(38)27-43(5,6)51)33-15-10-11-16-37(33)46-41(39)48-42(50)53-31-21-23-44(7)30(25-31)17-18-32-35-20-19-34(29(4)14-12-13-28(2)3)45(35,8)24-22-36(32)44/h10-11,15-18,28-32,34-36,51H,9,12-14,19-27H2,1-8H3,(H,46,48,50)/t29-,30?,31+,32+,34-,35+,36+,44+,45-/m1/s1. The number of hydrogen-bond acceptors (Lipinski definition) is 6. The summed E-state index contributed by atoms with van der Waals surface area (Å²) >= 11 is 0. The highest BCUT2D eigenvalue weighted by Gasteiger charge is 2.59. The first-order chi connectivity index (χ1) is 25.2. The molecule has 1 amide bonds. The SMILES string of the molecule is CCOCc1nc2c(NC(=O)O[C@H]3CC[C@@]4(C)C(C=C[C@H]5[C@@H]6CC[C@H]([C@H](C)CCCC(C)C)[C@@]6(C)CC[C@@H]54)C3)nc3ccccc3c2n1CC(C)(C)O. The number of allylic oxidation sites excluding steroid dienone is 2. The fraction of sp³-hybridized carbons (Fsp3) is 0.711. The van der Waals surface area contributed by atoms with Crippen LogP contribution in [0.25, 0.3) is 21.9 Å². The molecule has 53 heavy (non-hydrogen) atoms. The number of carbonyl (C=O) groups is 1. The third-order valence-corrected chi connectivity index (χ3v) is 14.5. The third-order valence-electron chi connectivity index (χ3n) is 14.5. The highest BCUT2D eigenvalue weighted by atomic mass is 16.6. The molecular weight excluding hydrogens is 661 g/mol. The van der Waals surface area contributed by atoms with E-state index in [0.29, 0.717) is 53.5 Å². The van der Waals surface area contributed by atoms with Crippen molar-refractivity contribution < 1.29 is 19.4 Å². The third kappa shape index (κ3) is 7.40. The number of anilines is 1. The number of pyridine rings is 1. The van der Waals surface area contributed by atoms with Crippen LogP contribution in [0, 0.1) is 52.3 Å². The zero-order valence-electron chi connectivity index (χ0n) is 33.8. The fourth-order valence-electron chi connectivity index (χ4n) is 11.8. The lowest BCUT2D eigenvalue weighted by molar-refractivity contribution is -0.0818. The van der Waals surface area contributed by atoms with Crippen molar-refractivity contribution in [1.82, 2.24) is 14.5 Å². The molecule has 290 valence electrons. The van der Waals surface area contributed by atoms with E-state index in [9.17, 15) is 9.90 Å². The summed E-state index contributed by atoms with van der Waals surface area (Å²) in [6, 6.07) is 7.86. The molecule has 0 aliphatic heterocycles. The van der Waals surface area contributed by atoms with Crippen molar-refractivity contribution in [2.45, 2.75) is 144 Å². The second-order valence-electron chi connectivity index (χ2n) is 19.0. The number of carbonyl (C=O) groups excluding carboxylic acids is 1. The smallest absolute Gasteiger partial charge is 0.413 e. The predicted molar refractivity (Wildman–Crippen MR) is 214 cm³/mol. The fourth-order valence-corrected chi connectivity index (χ4v) is 11.8. The number of ether oxygens (including phenoxy) is 2. The number of para-hydroxylation sites is 1. The van der Waals surface area contributed by atoms with Crippen LogP contribution in [0.5, 0.6) is 0 Å². The predicted octanol–water partition coefficient (Wildman–Crippen LogP) is 10.7. The van der Waals surface area contributed by atoms with Crippen molar-refractivity contribution >= 4 is 33.8 Å². The number of nitrogens with one attached hydrogen (secondary N) is 1. The Balaban J connectivity index is 1.06. The number of rotatable bonds is 12. The maximum absolute atomic E-state index is 13.7. The van der Waals surface area contributed by atoms with Gasteiger partial charge in [-0.3, -0.25) is 5.32 Å². The first kappa shape index (κ1) is 38.3. The van der Waals surface area contributed by atoms with Gasteiger partial charge in [0.1, 0.15) is 24.1 Å². The van der Waals surface area contributed by atoms with Crippen molar-refractivity contribution in [3.05, 3.63) is 42.2 Å². The Morgan fingerprint density at radius 3 is 2.53 bits per heavy atom. The van der Waals surface area contributed by atoms with Gasteiger partial charge >= 0.3 is 6.09 Å². The number of benzene rings is 1. The molecule has 4 aliphatic rings. The van der Waals surface area contributed by atoms with E-state index < -0.39 is 11.7 Å². The Bertz CT molecular complexity index is 1810. The van der Waals surface area contributed by atoms with Gasteiger partial charge in [-0.15, -0.1) is 0 Å². The van der Waals surface area contributed by atoms with Crippen LogP contribution in [0.4, 0.5) is 10.6 Å². The van der Waals surface area contributed by atoms with Crippen LogP contribution in [0.15, 0.2) is 36.4 Å². The quantitative estimate of drug-likeness (QED) is 0.180. The summed E-state index contributed by atoms with van der Waals surface area (Å²) in [5.41, 5.74) is 1.84. The van der Waals surface area contributed by atoms with Gasteiger partial charge in [0, 0.05) is 12.0 Å². The molecule has 0 saturated heterocycles. The van der Waals surface area contributed by atoms with E-state index in [1.807, 2.05) is 35.8 Å². The van der Waals surface area contributed by atoms with Gasteiger partial charge in [0.15, 0.2) is 5.82 Å². The number of imidazole rings is 1. The zero-order chi connectivity index (χ0) is 37.7. The molecule has 1 unspecified atom stereocenters. The van der Waals surface area contributed by atoms with Crippen molar-refractivity contribution in [2.75, 3.05) is 11.9 Å². The highest BCUT2D eigenvalue weighted by molar-refractivity contribution is 6.09. The van der Waals surface area contributed by atoms with Crippen LogP contribution in [0.1, 0.15) is 125 Å². The largest absolute Gasteiger partial charge is 0.446 e. The minimum absolute atomic E-state index is 0.150. The van der Waals surface area contributed by atoms with Crippen molar-refractivity contribution in [3.8, 4) is 0 Å². The molecule has 4 aliphatic carbocycles. The van der Waals surface area contributed by atoms with E-state index >= 15 is 0 Å². The van der Waals surface area contributed by atoms with E-state index in [2.05, 4.69) is 52.1 Å². The number of nitrogens with zero attached hydrogens (tertiary/aromatic N) is 3. The lowest BCUT2D eigenvalue weighted by Crippen LogP contribution is -2.52. The Labute approximate surface area is 317 Å². The number of hydrogen-bond donors (Lipinski definition) is 2. The Hall–Kier alpha value is -2.97. The van der Waals surface area contributed by atoms with Gasteiger partial charge in [0.05, 0.1) is 23.2 Å². The average molecular weight is 727 g/mol. The van der Waals surface area contributed by atoms with Crippen molar-refractivity contribution in [1.29, 1.82) is 0 Å². The van der Waals surface area contributed by atoms with E-state index in [4.69, 9.17) is 19.4 Å². The summed E-state index contributed by atoms with van der Waals surface area (Å²) in [5, 5.41) is 14.8. The summed E-state index contributed by atoms with van der Waals surface area (Å²) in [4.78, 5) is 23.5. The van der Waals surface area contributed by atoms with Gasteiger partial charge in [-0.1, -0.05) is 84.2 Å². The Kier molecular flexibility index (Phi) is 10.8. The number of aromatic nitrogens is 3. The van der Waals surface area contributed by atoms with E-state index in [1.165, 1.54) is 44.9 Å². The minimum Gasteiger partial charge on any atom is -0.446 e. The second kappa shape index (κ2) is 14.9. The lowest BCUT2D eigenvalue weighted by Gasteiger charge is -2.59. The van der Waals surface area contributed by atoms with Crippen molar-refractivity contribution in [2.24, 2.45) is 52.3 Å². The van der Waals surface area contributed by atoms with Gasteiger partial charge in [0.25, 0.3) is 0 Å². The molecule has 3 fully saturated rings. The monoisotopic (exact) mass is 727 g/mol. The van der Waals surface area contributed by atoms with E-state index in [-0.39, 0.29) is 18.1 Å². The summed E-state index contributed by atoms with van der Waals surface area (Å²) in [6.45, 7) is 19.1. The van der Waals surface area contributed by atoms with Crippen LogP contribution in [0.2, 0.25) is 0 Å². The second-order valence-corrected chi connectivity index (χ2v) is 19.0. The molecule has 0 bridgehead atoms. The molecule has 0 radical (unpaired) electrons. The lowest BCUT2D eigenvalue weighted by atomic mass is 9.46. The van der Waals surface area contributed by atoms with Crippen LogP contribution in [0.3, 0.4) is 0 Å². The van der Waals surface area contributed by atoms with Crippen LogP contribution in [-0.2, 0) is 22.6 Å². The molecule has 3 saturated carbocycles. The summed E-state index contributed by atoms with van der Waals surface area (Å²) in [6.07, 6.45) is 16.9. The number of amides is 1. The molecule has 3 aromatic rings. The molecule has 1 aromatic carbocycles. The molecular formula is C45H66N4O4. The van der Waals surface area contributed by atoms with Gasteiger partial charge < -0.3 is 19.1 Å². The van der Waals surface area contributed by atoms with Crippen LogP contribution in [-0.4, -0.2) is 44.0 Å². The molecule has 7 rings (SSSR count). The topological polar surface area (TPSA) is 98.5 Å². The Morgan fingerprint density at radius 1 is 1.02 bits per heavy atom. The zero-order valence-corrected chi connectivity index (χ0v) is 33.8. The molecule has 2 aromatic heterocycles. The first-order valence-corrected chi connectivity index (χ1v) is 21.0. The maximum atomic E-state index is 13.7. The van der Waals surface area contributed by atoms with E-state index in [1.54, 1.807) is 13.8 Å². The molecule has 8 heteroatoms. The molecule has 9 atom stereocenters. The molecule has 2 heterocycles. The highest BCUT2D eigenvalue weighted by Crippen LogP contribution is 2.67. The Morgan fingerprint density at radius 2 is 1.77 bits per heavy atom. The van der Waals surface area contributed by atoms with E-state index in [0.717, 1.165) is 59.4 Å². The summed E-state index contributed by atoms with van der Waals surface area (Å²) < 4.78 is 14.0. The molecule has 8 nitrogen and oxygen atoms in total. The first-order valence-electron chi connectivity index (χ1n) is 21.0. The molecule has 0 spiro atoms. The normalized spacial score (nSPS) is 31.7. The van der Waals surface area contributed by atoms with Crippen LogP contribution >= 0.6 is 0 Å². The minimum atomic E-state index is -0.989. The van der Waals surface area contributed by atoms with Gasteiger partial charge in [0.2, 0.25) is 0 Å². The average Bonchev–Trinajstić information content (AvgIpc) is 3.64. The summed E-state index contributed by atoms with van der Waals surface area (Å²) in [7, 11) is 0. The van der Waals surface area contributed by atoms with Gasteiger partial charge in [-0.25, -0.2) is 14.8 Å². The van der Waals surface area contributed by atoms with Crippen LogP contribution < -0.4 is 5.32 Å². The summed E-state index contributed by atoms with van der Waals surface area (Å²) in [5.74, 6) is 6.11. The van der Waals surface area contributed by atoms with Crippen molar-refractivity contribution in [3.63, 3.8) is 0 Å². The number of fused-ring (bicyclic) bond motifs is 8. The number of aliphatic hydroxyl groups is 1. The van der Waals surface area contributed by atoms with Gasteiger partial charge in [-0.2, -0.15) is 0 Å². The van der Waals surface area contributed by atoms with Gasteiger partial charge in [-0.05, 0) is 124 Å².